The molecule has 3 heteroatoms. The van der Waals surface area contributed by atoms with E-state index in [9.17, 15) is 0 Å². The molecule has 2 rings (SSSR count). The van der Waals surface area contributed by atoms with Crippen LogP contribution < -0.4 is 5.32 Å². The fourth-order valence-corrected chi connectivity index (χ4v) is 2.27. The third-order valence-corrected chi connectivity index (χ3v) is 3.33. The Labute approximate surface area is 95.2 Å². The quantitative estimate of drug-likeness (QED) is 0.844. The molecule has 1 aromatic carbocycles. The van der Waals surface area contributed by atoms with Crippen LogP contribution in [-0.2, 0) is 6.42 Å². The van der Waals surface area contributed by atoms with Gasteiger partial charge in [-0.3, -0.25) is 4.99 Å². The first-order chi connectivity index (χ1) is 7.34. The lowest BCUT2D eigenvalue weighted by molar-refractivity contribution is 0.872. The zero-order valence-corrected chi connectivity index (χ0v) is 9.81. The Kier molecular flexibility index (Phi) is 3.67. The maximum absolute atomic E-state index is 4.35. The molecule has 15 heavy (non-hydrogen) atoms. The molecular formula is C12H16N2S. The largest absolute Gasteiger partial charge is 0.365 e. The Morgan fingerprint density at radius 2 is 2.13 bits per heavy atom. The molecule has 0 saturated heterocycles. The van der Waals surface area contributed by atoms with Crippen LogP contribution in [0.3, 0.4) is 0 Å². The number of hydrogen-bond donors (Lipinski definition) is 1. The SMILES string of the molecule is Cc1ccc(CCNC2=NCCS2)cc1. The minimum atomic E-state index is 0.970. The summed E-state index contributed by atoms with van der Waals surface area (Å²) in [4.78, 5) is 4.35. The van der Waals surface area contributed by atoms with Gasteiger partial charge in [-0.2, -0.15) is 0 Å². The standard InChI is InChI=1S/C12H16N2S/c1-10-2-4-11(5-3-10)6-7-13-12-14-8-9-15-12/h2-5H,6-9H2,1H3,(H,13,14). The molecular weight excluding hydrogens is 204 g/mol. The average molecular weight is 220 g/mol. The summed E-state index contributed by atoms with van der Waals surface area (Å²) in [6.07, 6.45) is 1.07. The van der Waals surface area contributed by atoms with E-state index < -0.39 is 0 Å². The molecule has 0 atom stereocenters. The number of rotatable bonds is 3. The molecule has 1 aliphatic heterocycles. The first-order valence-corrected chi connectivity index (χ1v) is 6.30. The number of nitrogens with one attached hydrogen (secondary N) is 1. The molecule has 0 radical (unpaired) electrons. The topological polar surface area (TPSA) is 24.4 Å². The highest BCUT2D eigenvalue weighted by atomic mass is 32.2. The number of aliphatic imine (C=N–C) groups is 1. The van der Waals surface area contributed by atoms with Crippen molar-refractivity contribution in [2.45, 2.75) is 13.3 Å². The number of benzene rings is 1. The second-order valence-electron chi connectivity index (χ2n) is 3.70. The van der Waals surface area contributed by atoms with Crippen molar-refractivity contribution < 1.29 is 0 Å². The van der Waals surface area contributed by atoms with Crippen molar-refractivity contribution in [1.82, 2.24) is 5.32 Å². The van der Waals surface area contributed by atoms with Gasteiger partial charge < -0.3 is 5.32 Å². The predicted molar refractivity (Wildman–Crippen MR) is 67.6 cm³/mol. The van der Waals surface area contributed by atoms with E-state index in [1.54, 1.807) is 0 Å². The number of aryl methyl sites for hydroxylation is 1. The van der Waals surface area contributed by atoms with Gasteiger partial charge in [0.15, 0.2) is 5.17 Å². The molecule has 2 nitrogen and oxygen atoms in total. The van der Waals surface area contributed by atoms with Gasteiger partial charge in [0.25, 0.3) is 0 Å². The maximum atomic E-state index is 4.35. The number of hydrogen-bond acceptors (Lipinski definition) is 3. The van der Waals surface area contributed by atoms with E-state index in [4.69, 9.17) is 0 Å². The second kappa shape index (κ2) is 5.21. The molecule has 0 aliphatic carbocycles. The van der Waals surface area contributed by atoms with Gasteiger partial charge in [0, 0.05) is 12.3 Å². The molecule has 1 heterocycles. The summed E-state index contributed by atoms with van der Waals surface area (Å²) in [6, 6.07) is 8.72. The van der Waals surface area contributed by atoms with E-state index in [2.05, 4.69) is 41.5 Å². The Morgan fingerprint density at radius 1 is 1.33 bits per heavy atom. The van der Waals surface area contributed by atoms with Gasteiger partial charge >= 0.3 is 0 Å². The Morgan fingerprint density at radius 3 is 2.80 bits per heavy atom. The van der Waals surface area contributed by atoms with Crippen LogP contribution in [-0.4, -0.2) is 24.0 Å². The summed E-state index contributed by atoms with van der Waals surface area (Å²) in [5.74, 6) is 1.13. The highest BCUT2D eigenvalue weighted by molar-refractivity contribution is 8.14. The third-order valence-electron chi connectivity index (χ3n) is 2.40. The van der Waals surface area contributed by atoms with Gasteiger partial charge in [0.1, 0.15) is 0 Å². The summed E-state index contributed by atoms with van der Waals surface area (Å²) in [6.45, 7) is 4.07. The Balaban J connectivity index is 1.75. The molecule has 1 aromatic rings. The third kappa shape index (κ3) is 3.27. The van der Waals surface area contributed by atoms with Gasteiger partial charge in [-0.05, 0) is 18.9 Å². The van der Waals surface area contributed by atoms with Crippen LogP contribution in [0.4, 0.5) is 0 Å². The fraction of sp³-hybridized carbons (Fsp3) is 0.417. The van der Waals surface area contributed by atoms with Gasteiger partial charge in [0.05, 0.1) is 6.54 Å². The Hall–Kier alpha value is -0.960. The highest BCUT2D eigenvalue weighted by Crippen LogP contribution is 2.09. The van der Waals surface area contributed by atoms with Crippen LogP contribution in [0, 0.1) is 6.92 Å². The molecule has 80 valence electrons. The van der Waals surface area contributed by atoms with Crippen LogP contribution in [0.5, 0.6) is 0 Å². The van der Waals surface area contributed by atoms with Crippen molar-refractivity contribution >= 4 is 16.9 Å². The summed E-state index contributed by atoms with van der Waals surface area (Å²) in [5.41, 5.74) is 2.71. The lowest BCUT2D eigenvalue weighted by Gasteiger charge is -2.05. The molecule has 0 saturated carbocycles. The van der Waals surface area contributed by atoms with Crippen molar-refractivity contribution in [1.29, 1.82) is 0 Å². The summed E-state index contributed by atoms with van der Waals surface area (Å²) in [7, 11) is 0. The van der Waals surface area contributed by atoms with Crippen molar-refractivity contribution in [3.63, 3.8) is 0 Å². The van der Waals surface area contributed by atoms with Crippen LogP contribution in [0.2, 0.25) is 0 Å². The lowest BCUT2D eigenvalue weighted by atomic mass is 10.1. The minimum absolute atomic E-state index is 0.970. The van der Waals surface area contributed by atoms with Crippen LogP contribution in [0.1, 0.15) is 11.1 Å². The molecule has 1 N–H and O–H groups in total. The number of nitrogens with zero attached hydrogens (tertiary/aromatic N) is 1. The molecule has 0 fully saturated rings. The molecule has 0 amide bonds. The van der Waals surface area contributed by atoms with Crippen molar-refractivity contribution in [2.24, 2.45) is 4.99 Å². The fourth-order valence-electron chi connectivity index (χ4n) is 1.51. The smallest absolute Gasteiger partial charge is 0.156 e. The van der Waals surface area contributed by atoms with Crippen LogP contribution >= 0.6 is 11.8 Å². The lowest BCUT2D eigenvalue weighted by Crippen LogP contribution is -2.21. The van der Waals surface area contributed by atoms with Crippen LogP contribution in [0.25, 0.3) is 0 Å². The molecule has 0 aromatic heterocycles. The van der Waals surface area contributed by atoms with E-state index in [1.165, 1.54) is 11.1 Å². The van der Waals surface area contributed by atoms with Crippen molar-refractivity contribution in [2.75, 3.05) is 18.8 Å². The van der Waals surface area contributed by atoms with E-state index in [-0.39, 0.29) is 0 Å². The Bertz CT molecular complexity index is 343. The van der Waals surface area contributed by atoms with Gasteiger partial charge in [0.2, 0.25) is 0 Å². The van der Waals surface area contributed by atoms with E-state index in [0.717, 1.165) is 30.4 Å². The predicted octanol–water partition coefficient (Wildman–Crippen LogP) is 2.23. The summed E-state index contributed by atoms with van der Waals surface area (Å²) >= 11 is 1.82. The van der Waals surface area contributed by atoms with E-state index >= 15 is 0 Å². The van der Waals surface area contributed by atoms with Gasteiger partial charge in [-0.1, -0.05) is 41.6 Å². The molecule has 1 aliphatic rings. The normalized spacial score (nSPS) is 15.1. The minimum Gasteiger partial charge on any atom is -0.365 e. The van der Waals surface area contributed by atoms with Gasteiger partial charge in [-0.15, -0.1) is 0 Å². The zero-order valence-electron chi connectivity index (χ0n) is 8.99. The van der Waals surface area contributed by atoms with Crippen molar-refractivity contribution in [3.8, 4) is 0 Å². The first kappa shape index (κ1) is 10.6. The number of amidine groups is 1. The van der Waals surface area contributed by atoms with Crippen molar-refractivity contribution in [3.05, 3.63) is 35.4 Å². The molecule has 0 spiro atoms. The zero-order chi connectivity index (χ0) is 10.5. The highest BCUT2D eigenvalue weighted by Gasteiger charge is 2.04. The van der Waals surface area contributed by atoms with E-state index in [0.29, 0.717) is 0 Å². The monoisotopic (exact) mass is 220 g/mol. The summed E-state index contributed by atoms with van der Waals surface area (Å²) < 4.78 is 0. The van der Waals surface area contributed by atoms with E-state index in [1.807, 2.05) is 11.8 Å². The number of thioether (sulfide) groups is 1. The van der Waals surface area contributed by atoms with Crippen LogP contribution in [0.15, 0.2) is 29.3 Å². The second-order valence-corrected chi connectivity index (χ2v) is 4.78. The maximum Gasteiger partial charge on any atom is 0.156 e. The molecule has 0 unspecified atom stereocenters. The first-order valence-electron chi connectivity index (χ1n) is 5.31. The molecule has 0 bridgehead atoms. The average Bonchev–Trinajstić information content (AvgIpc) is 2.74. The van der Waals surface area contributed by atoms with Gasteiger partial charge in [-0.25, -0.2) is 0 Å². The summed E-state index contributed by atoms with van der Waals surface area (Å²) in [5, 5.41) is 4.47.